The van der Waals surface area contributed by atoms with E-state index in [1.165, 1.54) is 0 Å². The summed E-state index contributed by atoms with van der Waals surface area (Å²) >= 11 is 6.20. The average molecular weight is 292 g/mol. The van der Waals surface area contributed by atoms with Crippen molar-refractivity contribution in [3.63, 3.8) is 0 Å². The van der Waals surface area contributed by atoms with Crippen LogP contribution in [-0.2, 0) is 16.6 Å². The molecule has 1 N–H and O–H groups in total. The fourth-order valence-electron chi connectivity index (χ4n) is 2.24. The molecule has 20 heavy (non-hydrogen) atoms. The highest BCUT2D eigenvalue weighted by Gasteiger charge is 2.18. The van der Waals surface area contributed by atoms with Gasteiger partial charge in [0.2, 0.25) is 0 Å². The van der Waals surface area contributed by atoms with Crippen molar-refractivity contribution in [3.8, 4) is 0 Å². The predicted octanol–water partition coefficient (Wildman–Crippen LogP) is 4.20. The van der Waals surface area contributed by atoms with Crippen LogP contribution in [0, 0.1) is 0 Å². The molecule has 0 spiro atoms. The van der Waals surface area contributed by atoms with Gasteiger partial charge in [-0.05, 0) is 29.0 Å². The maximum atomic E-state index is 10.7. The minimum atomic E-state index is -0.829. The molecule has 2 rings (SSSR count). The van der Waals surface area contributed by atoms with E-state index in [-0.39, 0.29) is 11.8 Å². The SMILES string of the molecule is CC(C)(C)c1cccc2cc(CCC(=O)O)c(Cl)nc12. The summed E-state index contributed by atoms with van der Waals surface area (Å²) in [7, 11) is 0. The Kier molecular flexibility index (Phi) is 4.00. The molecule has 0 aliphatic heterocycles. The van der Waals surface area contributed by atoms with Gasteiger partial charge in [0.25, 0.3) is 0 Å². The van der Waals surface area contributed by atoms with Crippen LogP contribution < -0.4 is 0 Å². The normalized spacial score (nSPS) is 11.8. The van der Waals surface area contributed by atoms with Crippen LogP contribution in [0.5, 0.6) is 0 Å². The molecule has 0 radical (unpaired) electrons. The third-order valence-electron chi connectivity index (χ3n) is 3.29. The van der Waals surface area contributed by atoms with Crippen molar-refractivity contribution in [1.29, 1.82) is 0 Å². The van der Waals surface area contributed by atoms with Gasteiger partial charge in [-0.25, -0.2) is 4.98 Å². The Hall–Kier alpha value is -1.61. The van der Waals surface area contributed by atoms with E-state index in [2.05, 4.69) is 31.8 Å². The van der Waals surface area contributed by atoms with Crippen LogP contribution in [0.1, 0.15) is 38.3 Å². The molecule has 0 saturated carbocycles. The number of aromatic nitrogens is 1. The number of para-hydroxylation sites is 1. The van der Waals surface area contributed by atoms with Crippen molar-refractivity contribution >= 4 is 28.5 Å². The van der Waals surface area contributed by atoms with Gasteiger partial charge in [0, 0.05) is 11.8 Å². The van der Waals surface area contributed by atoms with E-state index in [0.29, 0.717) is 11.6 Å². The number of pyridine rings is 1. The third-order valence-corrected chi connectivity index (χ3v) is 3.62. The lowest BCUT2D eigenvalue weighted by atomic mass is 9.85. The first-order valence-corrected chi connectivity index (χ1v) is 6.97. The van der Waals surface area contributed by atoms with Crippen LogP contribution >= 0.6 is 11.6 Å². The second-order valence-electron chi connectivity index (χ2n) is 5.96. The molecule has 1 aromatic carbocycles. The number of carbonyl (C=O) groups is 1. The Morgan fingerprint density at radius 3 is 2.65 bits per heavy atom. The van der Waals surface area contributed by atoms with Gasteiger partial charge in [0.1, 0.15) is 5.15 Å². The number of hydrogen-bond donors (Lipinski definition) is 1. The first kappa shape index (κ1) is 14.8. The van der Waals surface area contributed by atoms with Gasteiger partial charge in [-0.2, -0.15) is 0 Å². The Balaban J connectivity index is 2.53. The van der Waals surface area contributed by atoms with Crippen molar-refractivity contribution in [2.45, 2.75) is 39.0 Å². The van der Waals surface area contributed by atoms with E-state index >= 15 is 0 Å². The zero-order valence-corrected chi connectivity index (χ0v) is 12.7. The van der Waals surface area contributed by atoms with Crippen LogP contribution in [0.25, 0.3) is 10.9 Å². The number of halogens is 1. The van der Waals surface area contributed by atoms with E-state index in [1.54, 1.807) is 0 Å². The number of benzene rings is 1. The lowest BCUT2D eigenvalue weighted by Crippen LogP contribution is -2.12. The molecule has 0 unspecified atom stereocenters. The molecule has 0 amide bonds. The molecular formula is C16H18ClNO2. The van der Waals surface area contributed by atoms with E-state index in [9.17, 15) is 4.79 Å². The van der Waals surface area contributed by atoms with Crippen molar-refractivity contribution in [1.82, 2.24) is 4.98 Å². The molecule has 1 aromatic heterocycles. The number of fused-ring (bicyclic) bond motifs is 1. The Bertz CT molecular complexity index is 659. The molecular weight excluding hydrogens is 274 g/mol. The van der Waals surface area contributed by atoms with Crippen LogP contribution in [0.3, 0.4) is 0 Å². The lowest BCUT2D eigenvalue weighted by molar-refractivity contribution is -0.136. The monoisotopic (exact) mass is 291 g/mol. The van der Waals surface area contributed by atoms with E-state index in [0.717, 1.165) is 22.0 Å². The quantitative estimate of drug-likeness (QED) is 0.862. The highest BCUT2D eigenvalue weighted by atomic mass is 35.5. The van der Waals surface area contributed by atoms with Crippen LogP contribution in [-0.4, -0.2) is 16.1 Å². The number of aliphatic carboxylic acids is 1. The summed E-state index contributed by atoms with van der Waals surface area (Å²) in [6, 6.07) is 7.99. The molecule has 0 saturated heterocycles. The molecule has 2 aromatic rings. The van der Waals surface area contributed by atoms with E-state index in [1.807, 2.05) is 18.2 Å². The van der Waals surface area contributed by atoms with Crippen LogP contribution in [0.4, 0.5) is 0 Å². The van der Waals surface area contributed by atoms with Crippen molar-refractivity contribution in [2.75, 3.05) is 0 Å². The second-order valence-corrected chi connectivity index (χ2v) is 6.32. The summed E-state index contributed by atoms with van der Waals surface area (Å²) in [4.78, 5) is 15.2. The fraction of sp³-hybridized carbons (Fsp3) is 0.375. The summed E-state index contributed by atoms with van der Waals surface area (Å²) in [5, 5.41) is 10.2. The van der Waals surface area contributed by atoms with Crippen LogP contribution in [0.2, 0.25) is 5.15 Å². The first-order valence-electron chi connectivity index (χ1n) is 6.59. The Labute approximate surface area is 123 Å². The molecule has 0 bridgehead atoms. The number of hydrogen-bond acceptors (Lipinski definition) is 2. The zero-order chi connectivity index (χ0) is 14.9. The highest BCUT2D eigenvalue weighted by Crippen LogP contribution is 2.31. The number of rotatable bonds is 3. The minimum Gasteiger partial charge on any atom is -0.481 e. The van der Waals surface area contributed by atoms with Gasteiger partial charge >= 0.3 is 5.97 Å². The fourth-order valence-corrected chi connectivity index (χ4v) is 2.48. The maximum Gasteiger partial charge on any atom is 0.303 e. The molecule has 3 nitrogen and oxygen atoms in total. The van der Waals surface area contributed by atoms with E-state index < -0.39 is 5.97 Å². The molecule has 0 aliphatic rings. The molecule has 0 fully saturated rings. The smallest absolute Gasteiger partial charge is 0.303 e. The highest BCUT2D eigenvalue weighted by molar-refractivity contribution is 6.30. The van der Waals surface area contributed by atoms with Crippen molar-refractivity contribution < 1.29 is 9.90 Å². The number of nitrogens with zero attached hydrogens (tertiary/aromatic N) is 1. The van der Waals surface area contributed by atoms with Gasteiger partial charge < -0.3 is 5.11 Å². The van der Waals surface area contributed by atoms with Gasteiger partial charge in [-0.15, -0.1) is 0 Å². The standard InChI is InChI=1S/C16H18ClNO2/c1-16(2,3)12-6-4-5-10-9-11(7-8-13(19)20)15(17)18-14(10)12/h4-6,9H,7-8H2,1-3H3,(H,19,20). The van der Waals surface area contributed by atoms with Crippen LogP contribution in [0.15, 0.2) is 24.3 Å². The van der Waals surface area contributed by atoms with Gasteiger partial charge in [-0.1, -0.05) is 50.6 Å². The average Bonchev–Trinajstić information content (AvgIpc) is 2.34. The Morgan fingerprint density at radius 1 is 1.35 bits per heavy atom. The predicted molar refractivity (Wildman–Crippen MR) is 81.4 cm³/mol. The summed E-state index contributed by atoms with van der Waals surface area (Å²) < 4.78 is 0. The number of carboxylic acids is 1. The topological polar surface area (TPSA) is 50.2 Å². The molecule has 0 aliphatic carbocycles. The van der Waals surface area contributed by atoms with Crippen molar-refractivity contribution in [3.05, 3.63) is 40.5 Å². The first-order chi connectivity index (χ1) is 9.29. The largest absolute Gasteiger partial charge is 0.481 e. The maximum absolute atomic E-state index is 10.7. The third kappa shape index (κ3) is 3.10. The van der Waals surface area contributed by atoms with Crippen molar-refractivity contribution in [2.24, 2.45) is 0 Å². The second kappa shape index (κ2) is 5.41. The summed E-state index contributed by atoms with van der Waals surface area (Å²) in [5.74, 6) is -0.829. The van der Waals surface area contributed by atoms with Gasteiger partial charge in [0.15, 0.2) is 0 Å². The van der Waals surface area contributed by atoms with E-state index in [4.69, 9.17) is 16.7 Å². The summed E-state index contributed by atoms with van der Waals surface area (Å²) in [6.45, 7) is 6.40. The molecule has 1 heterocycles. The lowest BCUT2D eigenvalue weighted by Gasteiger charge is -2.21. The number of carboxylic acid groups (broad SMARTS) is 1. The zero-order valence-electron chi connectivity index (χ0n) is 11.9. The van der Waals surface area contributed by atoms with Gasteiger partial charge in [0.05, 0.1) is 5.52 Å². The Morgan fingerprint density at radius 2 is 2.05 bits per heavy atom. The molecule has 0 atom stereocenters. The molecule has 106 valence electrons. The summed E-state index contributed by atoms with van der Waals surface area (Å²) in [5.41, 5.74) is 2.80. The minimum absolute atomic E-state index is 0.0155. The molecule has 4 heteroatoms. The van der Waals surface area contributed by atoms with Gasteiger partial charge in [-0.3, -0.25) is 4.79 Å². The summed E-state index contributed by atoms with van der Waals surface area (Å²) in [6.07, 6.45) is 0.461. The number of aryl methyl sites for hydroxylation is 1.